The molecular weight excluding hydrogens is 352 g/mol. The van der Waals surface area contributed by atoms with Crippen LogP contribution in [0.25, 0.3) is 0 Å². The van der Waals surface area contributed by atoms with Crippen molar-refractivity contribution in [1.82, 2.24) is 19.4 Å². The number of guanidine groups is 1. The first-order valence-electron chi connectivity index (χ1n) is 8.66. The van der Waals surface area contributed by atoms with Crippen molar-refractivity contribution in [2.24, 2.45) is 4.99 Å². The van der Waals surface area contributed by atoms with Crippen molar-refractivity contribution in [3.8, 4) is 0 Å². The summed E-state index contributed by atoms with van der Waals surface area (Å²) in [6, 6.07) is 9.01. The predicted molar refractivity (Wildman–Crippen MR) is 103 cm³/mol. The Bertz CT molecular complexity index is 916. The van der Waals surface area contributed by atoms with E-state index in [1.807, 2.05) is 31.2 Å². The summed E-state index contributed by atoms with van der Waals surface area (Å²) in [5.74, 6) is 1.24. The van der Waals surface area contributed by atoms with Crippen molar-refractivity contribution in [2.45, 2.75) is 13.1 Å². The van der Waals surface area contributed by atoms with Crippen molar-refractivity contribution >= 4 is 23.5 Å². The van der Waals surface area contributed by atoms with Crippen LogP contribution in [0.1, 0.15) is 17.4 Å². The van der Waals surface area contributed by atoms with Crippen LogP contribution in [0.5, 0.6) is 0 Å². The van der Waals surface area contributed by atoms with Gasteiger partial charge in [-0.1, -0.05) is 29.8 Å². The molecule has 2 aromatic rings. The summed E-state index contributed by atoms with van der Waals surface area (Å²) in [5, 5.41) is 3.83. The number of hydrogen-bond donors (Lipinski definition) is 1. The lowest BCUT2D eigenvalue weighted by Gasteiger charge is -2.37. The zero-order chi connectivity index (χ0) is 18.3. The second kappa shape index (κ2) is 6.74. The second-order valence-electron chi connectivity index (χ2n) is 6.69. The first-order valence-corrected chi connectivity index (χ1v) is 9.03. The smallest absolute Gasteiger partial charge is 0.257 e. The summed E-state index contributed by atoms with van der Waals surface area (Å²) in [6.07, 6.45) is -0.532. The molecule has 2 aliphatic rings. The fourth-order valence-electron chi connectivity index (χ4n) is 3.31. The Balaban J connectivity index is 1.81. The fraction of sp³-hybridized carbons (Fsp3) is 0.389. The zero-order valence-corrected chi connectivity index (χ0v) is 15.6. The van der Waals surface area contributed by atoms with Crippen LogP contribution in [0.2, 0.25) is 5.02 Å². The van der Waals surface area contributed by atoms with Crippen LogP contribution in [-0.2, 0) is 0 Å². The van der Waals surface area contributed by atoms with E-state index in [1.165, 1.54) is 6.07 Å². The topological polar surface area (TPSA) is 65.8 Å². The molecule has 3 heterocycles. The van der Waals surface area contributed by atoms with Gasteiger partial charge < -0.3 is 9.80 Å². The molecule has 7 nitrogen and oxygen atoms in total. The van der Waals surface area contributed by atoms with Gasteiger partial charge in [-0.05, 0) is 20.0 Å². The van der Waals surface area contributed by atoms with Gasteiger partial charge in [0.05, 0.1) is 0 Å². The number of nitrogens with one attached hydrogen (secondary N) is 1. The average molecular weight is 373 g/mol. The van der Waals surface area contributed by atoms with Gasteiger partial charge >= 0.3 is 0 Å². The van der Waals surface area contributed by atoms with E-state index in [0.29, 0.717) is 16.7 Å². The average Bonchev–Trinajstić information content (AvgIpc) is 2.61. The highest BCUT2D eigenvalue weighted by Crippen LogP contribution is 2.30. The van der Waals surface area contributed by atoms with Crippen LogP contribution in [0.15, 0.2) is 40.1 Å². The predicted octanol–water partition coefficient (Wildman–Crippen LogP) is 1.78. The number of rotatable bonds is 1. The molecule has 1 saturated heterocycles. The molecule has 0 saturated carbocycles. The summed E-state index contributed by atoms with van der Waals surface area (Å²) >= 11 is 6.41. The van der Waals surface area contributed by atoms with Gasteiger partial charge in [0.25, 0.3) is 5.56 Å². The maximum Gasteiger partial charge on any atom is 0.257 e. The number of likely N-dealkylation sites (N-methyl/N-ethyl adjacent to an activating group) is 1. The van der Waals surface area contributed by atoms with E-state index < -0.39 is 6.17 Å². The highest BCUT2D eigenvalue weighted by Gasteiger charge is 2.29. The normalized spacial score (nSPS) is 20.3. The largest absolute Gasteiger partial charge is 0.340 e. The molecule has 4 rings (SSSR count). The Hall–Kier alpha value is -2.38. The van der Waals surface area contributed by atoms with Gasteiger partial charge in [-0.2, -0.15) is 0 Å². The number of aromatic nitrogens is 2. The van der Waals surface area contributed by atoms with Crippen LogP contribution in [-0.4, -0.2) is 58.5 Å². The molecule has 1 atom stereocenters. The van der Waals surface area contributed by atoms with Crippen LogP contribution >= 0.6 is 11.6 Å². The van der Waals surface area contributed by atoms with Gasteiger partial charge in [0.15, 0.2) is 6.17 Å². The molecule has 26 heavy (non-hydrogen) atoms. The van der Waals surface area contributed by atoms with Gasteiger partial charge in [-0.3, -0.25) is 14.7 Å². The highest BCUT2D eigenvalue weighted by atomic mass is 35.5. The van der Waals surface area contributed by atoms with E-state index in [4.69, 9.17) is 16.6 Å². The number of piperazine rings is 1. The molecule has 1 aromatic heterocycles. The maximum absolute atomic E-state index is 12.7. The standard InChI is InChI=1S/C18H21ClN6O/c1-12-11-15(26)25-16(13-5-3-4-6-14(13)19)21-17(22-18(25)20-12)24-9-7-23(2)8-10-24/h3-6,11,16H,7-10H2,1-2H3,(H,20,21,22)/t16-/m0/s1. The second-order valence-corrected chi connectivity index (χ2v) is 7.10. The molecule has 0 spiro atoms. The number of anilines is 1. The molecule has 136 valence electrons. The summed E-state index contributed by atoms with van der Waals surface area (Å²) < 4.78 is 1.56. The third-order valence-electron chi connectivity index (χ3n) is 4.78. The number of hydrogen-bond acceptors (Lipinski definition) is 6. The monoisotopic (exact) mass is 372 g/mol. The van der Waals surface area contributed by atoms with E-state index in [-0.39, 0.29) is 5.56 Å². The molecule has 0 unspecified atom stereocenters. The van der Waals surface area contributed by atoms with Crippen molar-refractivity contribution in [3.05, 3.63) is 57.0 Å². The number of benzene rings is 1. The zero-order valence-electron chi connectivity index (χ0n) is 14.8. The molecule has 0 aliphatic carbocycles. The van der Waals surface area contributed by atoms with E-state index in [9.17, 15) is 4.79 Å². The molecule has 0 bridgehead atoms. The Morgan fingerprint density at radius 1 is 1.19 bits per heavy atom. The van der Waals surface area contributed by atoms with E-state index in [1.54, 1.807) is 4.57 Å². The summed E-state index contributed by atoms with van der Waals surface area (Å²) in [6.45, 7) is 5.48. The summed E-state index contributed by atoms with van der Waals surface area (Å²) in [5.41, 5.74) is 1.31. The lowest BCUT2D eigenvalue weighted by molar-refractivity contribution is 0.213. The minimum atomic E-state index is -0.532. The molecule has 1 aromatic carbocycles. The van der Waals surface area contributed by atoms with Gasteiger partial charge in [0, 0.05) is 48.5 Å². The number of aryl methyl sites for hydroxylation is 1. The van der Waals surface area contributed by atoms with Crippen molar-refractivity contribution in [1.29, 1.82) is 0 Å². The Labute approximate surface area is 156 Å². The van der Waals surface area contributed by atoms with Gasteiger partial charge in [0.1, 0.15) is 0 Å². The Morgan fingerprint density at radius 3 is 2.65 bits per heavy atom. The summed E-state index contributed by atoms with van der Waals surface area (Å²) in [4.78, 5) is 26.5. The molecule has 1 N–H and O–H groups in total. The molecule has 2 aliphatic heterocycles. The number of nitrogens with zero attached hydrogens (tertiary/aromatic N) is 5. The lowest BCUT2D eigenvalue weighted by atomic mass is 10.1. The number of aliphatic imine (C=N–C) groups is 1. The first-order chi connectivity index (χ1) is 12.5. The molecule has 8 heteroatoms. The van der Waals surface area contributed by atoms with Gasteiger partial charge in [-0.15, -0.1) is 0 Å². The van der Waals surface area contributed by atoms with Crippen molar-refractivity contribution < 1.29 is 0 Å². The Kier molecular flexibility index (Phi) is 4.42. The first kappa shape index (κ1) is 17.1. The number of fused-ring (bicyclic) bond motifs is 1. The minimum Gasteiger partial charge on any atom is -0.340 e. The van der Waals surface area contributed by atoms with E-state index >= 15 is 0 Å². The van der Waals surface area contributed by atoms with E-state index in [2.05, 4.69) is 27.1 Å². The van der Waals surface area contributed by atoms with Crippen molar-refractivity contribution in [3.63, 3.8) is 0 Å². The minimum absolute atomic E-state index is 0.147. The lowest BCUT2D eigenvalue weighted by Crippen LogP contribution is -2.51. The number of halogens is 1. The molecule has 0 radical (unpaired) electrons. The van der Waals surface area contributed by atoms with E-state index in [0.717, 1.165) is 37.7 Å². The van der Waals surface area contributed by atoms with Crippen molar-refractivity contribution in [2.75, 3.05) is 38.5 Å². The SMILES string of the molecule is Cc1cc(=O)n2c(n1)NC(N1CCN(C)CC1)=N[C@@H]2c1ccccc1Cl. The Morgan fingerprint density at radius 2 is 1.92 bits per heavy atom. The van der Waals surface area contributed by atoms with Gasteiger partial charge in [0.2, 0.25) is 11.9 Å². The molecule has 1 fully saturated rings. The van der Waals surface area contributed by atoms with Crippen LogP contribution in [0, 0.1) is 6.92 Å². The molecular formula is C18H21ClN6O. The third-order valence-corrected chi connectivity index (χ3v) is 5.12. The fourth-order valence-corrected chi connectivity index (χ4v) is 3.54. The van der Waals surface area contributed by atoms with Crippen LogP contribution in [0.3, 0.4) is 0 Å². The van der Waals surface area contributed by atoms with Gasteiger partial charge in [-0.25, -0.2) is 9.98 Å². The quantitative estimate of drug-likeness (QED) is 0.826. The van der Waals surface area contributed by atoms with Crippen LogP contribution < -0.4 is 10.9 Å². The van der Waals surface area contributed by atoms with Crippen LogP contribution in [0.4, 0.5) is 5.95 Å². The summed E-state index contributed by atoms with van der Waals surface area (Å²) in [7, 11) is 2.11. The molecule has 0 amide bonds. The maximum atomic E-state index is 12.7. The third kappa shape index (κ3) is 3.08. The highest BCUT2D eigenvalue weighted by molar-refractivity contribution is 6.31.